The molecule has 0 heteroatoms. The Bertz CT molecular complexity index is 428. The summed E-state index contributed by atoms with van der Waals surface area (Å²) in [6.45, 7) is 34.1. The predicted octanol–water partition coefficient (Wildman–Crippen LogP) is 9.31. The summed E-state index contributed by atoms with van der Waals surface area (Å²) < 4.78 is 0. The maximum absolute atomic E-state index is 3.98. The van der Waals surface area contributed by atoms with Gasteiger partial charge in [0.2, 0.25) is 0 Å². The van der Waals surface area contributed by atoms with E-state index in [0.29, 0.717) is 0 Å². The van der Waals surface area contributed by atoms with Gasteiger partial charge in [-0.05, 0) is 49.5 Å². The molecule has 0 saturated carbocycles. The van der Waals surface area contributed by atoms with Gasteiger partial charge >= 0.3 is 0 Å². The third kappa shape index (κ3) is 13.9. The zero-order valence-corrected chi connectivity index (χ0v) is 19.7. The van der Waals surface area contributed by atoms with Crippen molar-refractivity contribution in [3.63, 3.8) is 0 Å². The van der Waals surface area contributed by atoms with Gasteiger partial charge in [0.05, 0.1) is 0 Å². The van der Waals surface area contributed by atoms with E-state index in [1.54, 1.807) is 0 Å². The Morgan fingerprint density at radius 3 is 1.56 bits per heavy atom. The van der Waals surface area contributed by atoms with E-state index in [-0.39, 0.29) is 10.8 Å². The zero-order valence-electron chi connectivity index (χ0n) is 19.7. The minimum absolute atomic E-state index is 0.184. The summed E-state index contributed by atoms with van der Waals surface area (Å²) in [6, 6.07) is 0. The molecule has 0 aliphatic heterocycles. The highest BCUT2D eigenvalue weighted by Crippen LogP contribution is 2.37. The first-order valence-electron chi connectivity index (χ1n) is 10.1. The summed E-state index contributed by atoms with van der Waals surface area (Å²) in [5.41, 5.74) is 5.97. The monoisotopic (exact) mass is 348 g/mol. The molecule has 0 aliphatic rings. The molecule has 0 heterocycles. The number of hydrogen-bond acceptors (Lipinski definition) is 0. The molecule has 148 valence electrons. The van der Waals surface area contributed by atoms with E-state index in [9.17, 15) is 0 Å². The lowest BCUT2D eigenvalue weighted by atomic mass is 9.75. The van der Waals surface area contributed by atoms with Crippen LogP contribution >= 0.6 is 0 Å². The topological polar surface area (TPSA) is 0 Å². The Kier molecular flexibility index (Phi) is 16.3. The second-order valence-electron chi connectivity index (χ2n) is 8.25. The summed E-state index contributed by atoms with van der Waals surface area (Å²) in [5.74, 6) is 0. The van der Waals surface area contributed by atoms with Gasteiger partial charge < -0.3 is 0 Å². The summed E-state index contributed by atoms with van der Waals surface area (Å²) in [7, 11) is 0. The quantitative estimate of drug-likeness (QED) is 0.419. The standard InChI is InChI=1S/C21H36.2C2H6/c1-11-16(2)13-12-14-17(3)15-19(21(8,9)10)18(4)20(5,6)7;2*1-2/h11,15H,1-2,12-14H2,3-10H3;2*1-2H3/b17-15-,19-18-;;. The number of rotatable bonds is 6. The minimum Gasteiger partial charge on any atom is -0.0988 e. The van der Waals surface area contributed by atoms with Gasteiger partial charge in [-0.15, -0.1) is 0 Å². The molecule has 0 nitrogen and oxygen atoms in total. The second-order valence-corrected chi connectivity index (χ2v) is 8.25. The molecule has 0 bridgehead atoms. The molecule has 0 saturated heterocycles. The Morgan fingerprint density at radius 2 is 1.24 bits per heavy atom. The van der Waals surface area contributed by atoms with Crippen LogP contribution in [-0.4, -0.2) is 0 Å². The SMILES string of the molecule is C=CC(=C)CCC/C(C)=C\C(=C(/C)C(C)(C)C)C(C)(C)C.CC.CC. The van der Waals surface area contributed by atoms with Gasteiger partial charge in [-0.2, -0.15) is 0 Å². The molecule has 25 heavy (non-hydrogen) atoms. The van der Waals surface area contributed by atoms with Crippen LogP contribution in [0.15, 0.2) is 47.6 Å². The lowest BCUT2D eigenvalue weighted by molar-refractivity contribution is 0.453. The normalized spacial score (nSPS) is 12.9. The summed E-state index contributed by atoms with van der Waals surface area (Å²) >= 11 is 0. The third-order valence-electron chi connectivity index (χ3n) is 4.09. The molecular formula is C25H48. The Hall–Kier alpha value is -1.04. The molecule has 0 fully saturated rings. The van der Waals surface area contributed by atoms with Crippen LogP contribution in [0.25, 0.3) is 0 Å². The largest absolute Gasteiger partial charge is 0.0988 e. The first kappa shape index (κ1) is 28.8. The molecular weight excluding hydrogens is 300 g/mol. The average molecular weight is 349 g/mol. The summed E-state index contributed by atoms with van der Waals surface area (Å²) in [5, 5.41) is 0. The van der Waals surface area contributed by atoms with Crippen molar-refractivity contribution in [1.82, 2.24) is 0 Å². The van der Waals surface area contributed by atoms with Crippen LogP contribution in [0.5, 0.6) is 0 Å². The van der Waals surface area contributed by atoms with E-state index < -0.39 is 0 Å². The van der Waals surface area contributed by atoms with Crippen molar-refractivity contribution in [2.45, 2.75) is 102 Å². The maximum Gasteiger partial charge on any atom is -0.0132 e. The van der Waals surface area contributed by atoms with E-state index in [4.69, 9.17) is 0 Å². The Balaban J connectivity index is -0.00000112. The first-order valence-corrected chi connectivity index (χ1v) is 10.1. The van der Waals surface area contributed by atoms with Crippen molar-refractivity contribution in [1.29, 1.82) is 0 Å². The van der Waals surface area contributed by atoms with Gasteiger partial charge in [-0.3, -0.25) is 0 Å². The van der Waals surface area contributed by atoms with Crippen LogP contribution in [-0.2, 0) is 0 Å². The molecule has 0 aromatic heterocycles. The van der Waals surface area contributed by atoms with Crippen LogP contribution in [0.1, 0.15) is 102 Å². The molecule has 0 unspecified atom stereocenters. The van der Waals surface area contributed by atoms with Crippen molar-refractivity contribution in [3.05, 3.63) is 47.6 Å². The zero-order chi connectivity index (χ0) is 20.8. The second kappa shape index (κ2) is 14.2. The van der Waals surface area contributed by atoms with E-state index in [2.05, 4.69) is 74.6 Å². The summed E-state index contributed by atoms with van der Waals surface area (Å²) in [4.78, 5) is 0. The fourth-order valence-corrected chi connectivity index (χ4v) is 2.31. The van der Waals surface area contributed by atoms with Gasteiger partial charge in [-0.25, -0.2) is 0 Å². The van der Waals surface area contributed by atoms with Crippen molar-refractivity contribution in [2.75, 3.05) is 0 Å². The molecule has 0 amide bonds. The lowest BCUT2D eigenvalue weighted by Crippen LogP contribution is -2.17. The minimum atomic E-state index is 0.184. The summed E-state index contributed by atoms with van der Waals surface area (Å²) in [6.07, 6.45) is 7.60. The molecule has 0 atom stereocenters. The highest BCUT2D eigenvalue weighted by molar-refractivity contribution is 5.34. The highest BCUT2D eigenvalue weighted by atomic mass is 14.3. The van der Waals surface area contributed by atoms with Crippen molar-refractivity contribution in [2.24, 2.45) is 10.8 Å². The van der Waals surface area contributed by atoms with E-state index in [0.717, 1.165) is 24.8 Å². The van der Waals surface area contributed by atoms with Gasteiger partial charge in [0.15, 0.2) is 0 Å². The fourth-order valence-electron chi connectivity index (χ4n) is 2.31. The molecule has 0 rings (SSSR count). The van der Waals surface area contributed by atoms with Crippen molar-refractivity contribution >= 4 is 0 Å². The third-order valence-corrected chi connectivity index (χ3v) is 4.09. The van der Waals surface area contributed by atoms with Crippen LogP contribution in [0.4, 0.5) is 0 Å². The van der Waals surface area contributed by atoms with Crippen LogP contribution in [0, 0.1) is 10.8 Å². The molecule has 0 aliphatic carbocycles. The van der Waals surface area contributed by atoms with E-state index in [1.807, 2.05) is 33.8 Å². The Morgan fingerprint density at radius 1 is 0.800 bits per heavy atom. The van der Waals surface area contributed by atoms with Gasteiger partial charge in [0.1, 0.15) is 0 Å². The lowest BCUT2D eigenvalue weighted by Gasteiger charge is -2.30. The smallest absolute Gasteiger partial charge is 0.0132 e. The molecule has 0 spiro atoms. The van der Waals surface area contributed by atoms with Crippen molar-refractivity contribution in [3.8, 4) is 0 Å². The molecule has 0 aromatic carbocycles. The molecule has 0 N–H and O–H groups in total. The maximum atomic E-state index is 3.98. The van der Waals surface area contributed by atoms with Crippen LogP contribution < -0.4 is 0 Å². The Labute approximate surface area is 161 Å². The van der Waals surface area contributed by atoms with Gasteiger partial charge in [-0.1, -0.05) is 111 Å². The first-order chi connectivity index (χ1) is 11.4. The van der Waals surface area contributed by atoms with Gasteiger partial charge in [0.25, 0.3) is 0 Å². The van der Waals surface area contributed by atoms with E-state index in [1.165, 1.54) is 16.7 Å². The molecule has 0 aromatic rings. The predicted molar refractivity (Wildman–Crippen MR) is 121 cm³/mol. The fraction of sp³-hybridized carbons (Fsp3) is 0.680. The van der Waals surface area contributed by atoms with Crippen LogP contribution in [0.3, 0.4) is 0 Å². The molecule has 0 radical (unpaired) electrons. The van der Waals surface area contributed by atoms with E-state index >= 15 is 0 Å². The van der Waals surface area contributed by atoms with Crippen molar-refractivity contribution < 1.29 is 0 Å². The number of hydrogen-bond donors (Lipinski definition) is 0. The highest BCUT2D eigenvalue weighted by Gasteiger charge is 2.23. The average Bonchev–Trinajstić information content (AvgIpc) is 2.53. The van der Waals surface area contributed by atoms with Crippen LogP contribution in [0.2, 0.25) is 0 Å². The van der Waals surface area contributed by atoms with Gasteiger partial charge in [0, 0.05) is 0 Å². The number of allylic oxidation sites excluding steroid dienone is 6.